The van der Waals surface area contributed by atoms with E-state index in [0.29, 0.717) is 25.5 Å². The third-order valence-corrected chi connectivity index (χ3v) is 6.47. The van der Waals surface area contributed by atoms with Gasteiger partial charge in [-0.05, 0) is 24.0 Å². The Morgan fingerprint density at radius 3 is 2.67 bits per heavy atom. The molecule has 0 unspecified atom stereocenters. The van der Waals surface area contributed by atoms with Gasteiger partial charge in [0.1, 0.15) is 6.54 Å². The number of carbonyl (C=O) groups is 1. The number of benzene rings is 1. The summed E-state index contributed by atoms with van der Waals surface area (Å²) in [5.74, 6) is 0.548. The van der Waals surface area contributed by atoms with Crippen LogP contribution in [-0.4, -0.2) is 75.7 Å². The van der Waals surface area contributed by atoms with E-state index in [0.717, 1.165) is 18.4 Å². The monoisotopic (exact) mass is 390 g/mol. The zero-order chi connectivity index (χ0) is 19.0. The fourth-order valence-corrected chi connectivity index (χ4v) is 4.76. The lowest BCUT2D eigenvalue weighted by atomic mass is 9.95. The second-order valence-corrected chi connectivity index (χ2v) is 9.22. The molecule has 1 amide bonds. The highest BCUT2D eigenvalue weighted by molar-refractivity contribution is 7.88. The third-order valence-electron chi connectivity index (χ3n) is 5.23. The highest BCUT2D eigenvalue weighted by Crippen LogP contribution is 2.29. The van der Waals surface area contributed by atoms with Crippen LogP contribution in [-0.2, 0) is 21.4 Å². The molecule has 2 atom stereocenters. The van der Waals surface area contributed by atoms with Crippen molar-refractivity contribution < 1.29 is 13.2 Å². The van der Waals surface area contributed by atoms with Crippen molar-refractivity contribution in [3.8, 4) is 11.4 Å². The third kappa shape index (κ3) is 3.86. The standard InChI is InChI=1S/C17H22N6O3S/c1-27(25,26)21-9-13-7-8-15(11-21)22(10-13)16(24)12-23-19-17(18-20-23)14-5-3-2-4-6-14/h2-6,13,15H,7-12H2,1H3/t13-,15+/m0/s1. The Hall–Kier alpha value is -2.33. The minimum Gasteiger partial charge on any atom is -0.336 e. The molecular formula is C17H22N6O3S. The molecule has 0 N–H and O–H groups in total. The fourth-order valence-electron chi connectivity index (χ4n) is 3.84. The zero-order valence-corrected chi connectivity index (χ0v) is 15.9. The van der Waals surface area contributed by atoms with E-state index in [4.69, 9.17) is 0 Å². The van der Waals surface area contributed by atoms with Gasteiger partial charge in [-0.1, -0.05) is 30.3 Å². The van der Waals surface area contributed by atoms with Gasteiger partial charge in [-0.2, -0.15) is 9.10 Å². The number of hydrogen-bond acceptors (Lipinski definition) is 6. The SMILES string of the molecule is CS(=O)(=O)N1C[C@@H]2CC[C@H](C1)N(C(=O)Cn1nnc(-c3ccccc3)n1)C2. The van der Waals surface area contributed by atoms with Crippen LogP contribution in [0.2, 0.25) is 0 Å². The van der Waals surface area contributed by atoms with Gasteiger partial charge in [0, 0.05) is 31.2 Å². The number of rotatable bonds is 4. The average Bonchev–Trinajstić information content (AvgIpc) is 2.89. The quantitative estimate of drug-likeness (QED) is 0.740. The van der Waals surface area contributed by atoms with Crippen molar-refractivity contribution in [1.29, 1.82) is 0 Å². The number of piperidine rings is 1. The number of fused-ring (bicyclic) bond motifs is 4. The van der Waals surface area contributed by atoms with Gasteiger partial charge in [-0.3, -0.25) is 4.79 Å². The zero-order valence-electron chi connectivity index (χ0n) is 15.1. The van der Waals surface area contributed by atoms with Gasteiger partial charge in [0.25, 0.3) is 0 Å². The van der Waals surface area contributed by atoms with Crippen LogP contribution in [0.15, 0.2) is 30.3 Å². The number of hydrogen-bond donors (Lipinski definition) is 0. The van der Waals surface area contributed by atoms with Gasteiger partial charge in [0.05, 0.1) is 6.26 Å². The molecule has 3 saturated heterocycles. The summed E-state index contributed by atoms with van der Waals surface area (Å²) in [4.78, 5) is 15.9. The van der Waals surface area contributed by atoms with Gasteiger partial charge in [0.15, 0.2) is 0 Å². The average molecular weight is 390 g/mol. The van der Waals surface area contributed by atoms with Crippen LogP contribution in [0, 0.1) is 5.92 Å². The van der Waals surface area contributed by atoms with Crippen molar-refractivity contribution in [2.24, 2.45) is 5.92 Å². The van der Waals surface area contributed by atoms with Gasteiger partial charge >= 0.3 is 0 Å². The van der Waals surface area contributed by atoms with Gasteiger partial charge in [-0.15, -0.1) is 10.2 Å². The van der Waals surface area contributed by atoms with Crippen LogP contribution >= 0.6 is 0 Å². The van der Waals surface area contributed by atoms with E-state index in [1.54, 1.807) is 4.90 Å². The predicted molar refractivity (Wildman–Crippen MR) is 97.9 cm³/mol. The molecule has 9 nitrogen and oxygen atoms in total. The minimum absolute atomic E-state index is 0.00191. The van der Waals surface area contributed by atoms with Crippen LogP contribution in [0.1, 0.15) is 12.8 Å². The Morgan fingerprint density at radius 1 is 1.15 bits per heavy atom. The Kier molecular flexibility index (Phi) is 4.68. The minimum atomic E-state index is -3.25. The van der Waals surface area contributed by atoms with Crippen molar-refractivity contribution >= 4 is 15.9 Å². The lowest BCUT2D eigenvalue weighted by molar-refractivity contribution is -0.136. The van der Waals surface area contributed by atoms with E-state index in [-0.39, 0.29) is 24.4 Å². The molecule has 27 heavy (non-hydrogen) atoms. The van der Waals surface area contributed by atoms with Crippen LogP contribution in [0.25, 0.3) is 11.4 Å². The van der Waals surface area contributed by atoms with E-state index >= 15 is 0 Å². The lowest BCUT2D eigenvalue weighted by Crippen LogP contribution is -2.48. The summed E-state index contributed by atoms with van der Waals surface area (Å²) < 4.78 is 25.4. The summed E-state index contributed by atoms with van der Waals surface area (Å²) >= 11 is 0. The molecule has 2 bridgehead atoms. The smallest absolute Gasteiger partial charge is 0.246 e. The number of sulfonamides is 1. The first-order chi connectivity index (χ1) is 12.9. The molecule has 1 aromatic heterocycles. The van der Waals surface area contributed by atoms with Crippen LogP contribution in [0.3, 0.4) is 0 Å². The molecule has 0 aliphatic carbocycles. The second kappa shape index (κ2) is 7.01. The van der Waals surface area contributed by atoms with Crippen molar-refractivity contribution in [3.63, 3.8) is 0 Å². The summed E-state index contributed by atoms with van der Waals surface area (Å²) in [5.41, 5.74) is 0.842. The van der Waals surface area contributed by atoms with Crippen molar-refractivity contribution in [3.05, 3.63) is 30.3 Å². The van der Waals surface area contributed by atoms with Crippen molar-refractivity contribution in [1.82, 2.24) is 29.4 Å². The second-order valence-electron chi connectivity index (χ2n) is 7.23. The highest BCUT2D eigenvalue weighted by atomic mass is 32.2. The molecule has 5 rings (SSSR count). The summed E-state index contributed by atoms with van der Waals surface area (Å²) in [6, 6.07) is 9.37. The van der Waals surface area contributed by atoms with E-state index in [1.165, 1.54) is 15.4 Å². The Bertz CT molecular complexity index is 929. The molecule has 3 fully saturated rings. The molecule has 0 radical (unpaired) electrons. The highest BCUT2D eigenvalue weighted by Gasteiger charge is 2.39. The molecule has 3 aliphatic rings. The van der Waals surface area contributed by atoms with Crippen LogP contribution in [0.5, 0.6) is 0 Å². The van der Waals surface area contributed by atoms with Crippen molar-refractivity contribution in [2.75, 3.05) is 25.9 Å². The van der Waals surface area contributed by atoms with E-state index < -0.39 is 10.0 Å². The van der Waals surface area contributed by atoms with Crippen LogP contribution < -0.4 is 0 Å². The van der Waals surface area contributed by atoms with E-state index in [1.807, 2.05) is 30.3 Å². The molecule has 0 spiro atoms. The van der Waals surface area contributed by atoms with Gasteiger partial charge in [0.2, 0.25) is 21.8 Å². The largest absolute Gasteiger partial charge is 0.336 e. The predicted octanol–water partition coefficient (Wildman–Crippen LogP) is 0.223. The number of nitrogens with zero attached hydrogens (tertiary/aromatic N) is 6. The maximum Gasteiger partial charge on any atom is 0.246 e. The van der Waals surface area contributed by atoms with Gasteiger partial charge < -0.3 is 4.90 Å². The molecule has 0 saturated carbocycles. The Morgan fingerprint density at radius 2 is 1.93 bits per heavy atom. The maximum atomic E-state index is 12.8. The van der Waals surface area contributed by atoms with E-state index in [2.05, 4.69) is 15.4 Å². The number of carbonyl (C=O) groups excluding carboxylic acids is 1. The fraction of sp³-hybridized carbons (Fsp3) is 0.529. The molecule has 144 valence electrons. The van der Waals surface area contributed by atoms with Crippen molar-refractivity contribution in [2.45, 2.75) is 25.4 Å². The summed E-state index contributed by atoms with van der Waals surface area (Å²) in [5, 5.41) is 12.3. The maximum absolute atomic E-state index is 12.8. The molecule has 1 aromatic carbocycles. The normalized spacial score (nSPS) is 23.4. The molecular weight excluding hydrogens is 368 g/mol. The van der Waals surface area contributed by atoms with E-state index in [9.17, 15) is 13.2 Å². The lowest BCUT2D eigenvalue weighted by Gasteiger charge is -2.36. The molecule has 2 aromatic rings. The molecule has 10 heteroatoms. The number of tetrazole rings is 1. The van der Waals surface area contributed by atoms with Gasteiger partial charge in [-0.25, -0.2) is 8.42 Å². The first kappa shape index (κ1) is 18.1. The Labute approximate surface area is 158 Å². The first-order valence-corrected chi connectivity index (χ1v) is 10.8. The molecule has 3 aliphatic heterocycles. The summed E-state index contributed by atoms with van der Waals surface area (Å²) in [6.45, 7) is 1.43. The van der Waals surface area contributed by atoms with Crippen LogP contribution in [0.4, 0.5) is 0 Å². The summed E-state index contributed by atoms with van der Waals surface area (Å²) in [6.07, 6.45) is 3.00. The Balaban J connectivity index is 1.47. The number of amides is 1. The summed E-state index contributed by atoms with van der Waals surface area (Å²) in [7, 11) is -3.25. The first-order valence-electron chi connectivity index (χ1n) is 8.98. The topological polar surface area (TPSA) is 101 Å². The molecule has 4 heterocycles. The number of aromatic nitrogens is 4.